The molecule has 2 N–H and O–H groups in total. The van der Waals surface area contributed by atoms with Gasteiger partial charge >= 0.3 is 0 Å². The molecular weight excluding hydrogens is 294 g/mol. The third-order valence-electron chi connectivity index (χ3n) is 3.25. The lowest BCUT2D eigenvalue weighted by atomic mass is 10.3. The largest absolute Gasteiger partial charge is 0.461 e. The summed E-state index contributed by atoms with van der Waals surface area (Å²) in [6.07, 6.45) is 2.35. The number of amides is 1. The van der Waals surface area contributed by atoms with Gasteiger partial charge in [-0.1, -0.05) is 23.4 Å². The van der Waals surface area contributed by atoms with Crippen LogP contribution in [0, 0.1) is 0 Å². The molecule has 0 fully saturated rings. The minimum Gasteiger partial charge on any atom is -0.461 e. The maximum Gasteiger partial charge on any atom is 0.273 e. The molecule has 118 valence electrons. The molecule has 1 aromatic carbocycles. The summed E-state index contributed by atoms with van der Waals surface area (Å²) in [6.45, 7) is 1.34. The molecule has 2 heterocycles. The summed E-state index contributed by atoms with van der Waals surface area (Å²) in [6, 6.07) is 15.0. The van der Waals surface area contributed by atoms with E-state index in [1.165, 1.54) is 6.26 Å². The normalized spacial score (nSPS) is 10.4. The van der Waals surface area contributed by atoms with E-state index in [2.05, 4.69) is 15.8 Å². The van der Waals surface area contributed by atoms with E-state index in [0.29, 0.717) is 18.1 Å². The Hall–Kier alpha value is -3.02. The molecule has 3 rings (SSSR count). The molecule has 0 saturated carbocycles. The number of nitrogens with zero attached hydrogens (tertiary/aromatic N) is 1. The highest BCUT2D eigenvalue weighted by Crippen LogP contribution is 2.20. The smallest absolute Gasteiger partial charge is 0.273 e. The van der Waals surface area contributed by atoms with Crippen LogP contribution in [0.5, 0.6) is 0 Å². The van der Waals surface area contributed by atoms with Crippen molar-refractivity contribution in [3.8, 4) is 11.5 Å². The molecule has 0 radical (unpaired) electrons. The van der Waals surface area contributed by atoms with Crippen molar-refractivity contribution >= 4 is 11.6 Å². The quantitative estimate of drug-likeness (QED) is 0.655. The van der Waals surface area contributed by atoms with E-state index in [9.17, 15) is 4.79 Å². The first-order chi connectivity index (χ1) is 11.3. The van der Waals surface area contributed by atoms with E-state index in [1.807, 2.05) is 30.3 Å². The van der Waals surface area contributed by atoms with E-state index in [0.717, 1.165) is 18.7 Å². The lowest BCUT2D eigenvalue weighted by molar-refractivity contribution is 0.0944. The van der Waals surface area contributed by atoms with Crippen LogP contribution < -0.4 is 10.6 Å². The molecule has 0 spiro atoms. The van der Waals surface area contributed by atoms with Gasteiger partial charge in [0.25, 0.3) is 5.91 Å². The van der Waals surface area contributed by atoms with Crippen molar-refractivity contribution < 1.29 is 13.7 Å². The molecule has 0 saturated heterocycles. The van der Waals surface area contributed by atoms with Crippen molar-refractivity contribution in [3.63, 3.8) is 0 Å². The van der Waals surface area contributed by atoms with E-state index in [-0.39, 0.29) is 11.6 Å². The third kappa shape index (κ3) is 4.00. The van der Waals surface area contributed by atoms with E-state index in [4.69, 9.17) is 8.94 Å². The average Bonchev–Trinajstić information content (AvgIpc) is 3.26. The highest BCUT2D eigenvalue weighted by atomic mass is 16.5. The molecule has 3 aromatic rings. The number of hydrogen-bond donors (Lipinski definition) is 2. The molecule has 0 bridgehead atoms. The van der Waals surface area contributed by atoms with Gasteiger partial charge in [0, 0.05) is 24.8 Å². The molecule has 6 nitrogen and oxygen atoms in total. The Bertz CT molecular complexity index is 736. The number of hydrogen-bond acceptors (Lipinski definition) is 5. The monoisotopic (exact) mass is 311 g/mol. The molecule has 6 heteroatoms. The lowest BCUT2D eigenvalue weighted by Gasteiger charge is -2.06. The first-order valence-corrected chi connectivity index (χ1v) is 7.40. The topological polar surface area (TPSA) is 80.3 Å². The van der Waals surface area contributed by atoms with Crippen LogP contribution in [0.25, 0.3) is 11.5 Å². The molecule has 2 aromatic heterocycles. The van der Waals surface area contributed by atoms with Crippen LogP contribution in [0.15, 0.2) is 63.7 Å². The van der Waals surface area contributed by atoms with Gasteiger partial charge in [-0.2, -0.15) is 0 Å². The van der Waals surface area contributed by atoms with Gasteiger partial charge in [-0.15, -0.1) is 0 Å². The molecular formula is C17H17N3O3. The predicted octanol–water partition coefficient (Wildman–Crippen LogP) is 3.17. The number of anilines is 1. The number of benzene rings is 1. The Kier molecular flexibility index (Phi) is 4.73. The number of carbonyl (C=O) groups excluding carboxylic acids is 1. The Balaban J connectivity index is 1.41. The number of para-hydroxylation sites is 1. The summed E-state index contributed by atoms with van der Waals surface area (Å²) in [5.74, 6) is 0.723. The van der Waals surface area contributed by atoms with Crippen LogP contribution in [0.2, 0.25) is 0 Å². The van der Waals surface area contributed by atoms with Crippen LogP contribution >= 0.6 is 0 Å². The summed E-state index contributed by atoms with van der Waals surface area (Å²) in [5, 5.41) is 9.85. The SMILES string of the molecule is O=C(NCCCNc1ccccc1)c1cc(-c2ccco2)on1. The van der Waals surface area contributed by atoms with Gasteiger partial charge < -0.3 is 19.6 Å². The molecule has 0 unspecified atom stereocenters. The lowest BCUT2D eigenvalue weighted by Crippen LogP contribution is -2.26. The van der Waals surface area contributed by atoms with E-state index < -0.39 is 0 Å². The van der Waals surface area contributed by atoms with Gasteiger partial charge in [-0.3, -0.25) is 4.79 Å². The highest BCUT2D eigenvalue weighted by molar-refractivity contribution is 5.92. The van der Waals surface area contributed by atoms with Crippen molar-refractivity contribution in [1.29, 1.82) is 0 Å². The number of carbonyl (C=O) groups is 1. The fourth-order valence-corrected chi connectivity index (χ4v) is 2.09. The maximum absolute atomic E-state index is 12.0. The molecule has 23 heavy (non-hydrogen) atoms. The molecule has 0 atom stereocenters. The third-order valence-corrected chi connectivity index (χ3v) is 3.25. The second-order valence-electron chi connectivity index (χ2n) is 4.96. The summed E-state index contributed by atoms with van der Waals surface area (Å²) in [7, 11) is 0. The summed E-state index contributed by atoms with van der Waals surface area (Å²) in [4.78, 5) is 12.0. The van der Waals surface area contributed by atoms with Gasteiger partial charge in [0.15, 0.2) is 11.5 Å². The van der Waals surface area contributed by atoms with Crippen LogP contribution in [0.1, 0.15) is 16.9 Å². The van der Waals surface area contributed by atoms with Crippen molar-refractivity contribution in [2.45, 2.75) is 6.42 Å². The second kappa shape index (κ2) is 7.31. The Labute approximate surface area is 133 Å². The average molecular weight is 311 g/mol. The zero-order valence-corrected chi connectivity index (χ0v) is 12.5. The van der Waals surface area contributed by atoms with Crippen LogP contribution in [-0.4, -0.2) is 24.2 Å². The van der Waals surface area contributed by atoms with E-state index >= 15 is 0 Å². The summed E-state index contributed by atoms with van der Waals surface area (Å²) < 4.78 is 10.3. The molecule has 0 aliphatic rings. The van der Waals surface area contributed by atoms with Crippen LogP contribution in [0.4, 0.5) is 5.69 Å². The first-order valence-electron chi connectivity index (χ1n) is 7.40. The van der Waals surface area contributed by atoms with Crippen molar-refractivity contribution in [2.75, 3.05) is 18.4 Å². The summed E-state index contributed by atoms with van der Waals surface area (Å²) in [5.41, 5.74) is 1.31. The van der Waals surface area contributed by atoms with Gasteiger partial charge in [-0.05, 0) is 30.7 Å². The van der Waals surface area contributed by atoms with Crippen LogP contribution in [0.3, 0.4) is 0 Å². The number of furan rings is 1. The number of nitrogens with one attached hydrogen (secondary N) is 2. The molecule has 1 amide bonds. The van der Waals surface area contributed by atoms with Gasteiger partial charge in [-0.25, -0.2) is 0 Å². The van der Waals surface area contributed by atoms with Gasteiger partial charge in [0.2, 0.25) is 5.76 Å². The minimum atomic E-state index is -0.258. The fraction of sp³-hybridized carbons (Fsp3) is 0.176. The van der Waals surface area contributed by atoms with Crippen molar-refractivity contribution in [2.24, 2.45) is 0 Å². The fourth-order valence-electron chi connectivity index (χ4n) is 2.09. The Morgan fingerprint density at radius 1 is 1.04 bits per heavy atom. The standard InChI is InChI=1S/C17H17N3O3/c21-17(14-12-16(23-20-14)15-8-4-11-22-15)19-10-5-9-18-13-6-2-1-3-7-13/h1-4,6-8,11-12,18H,5,9-10H2,(H,19,21). The van der Waals surface area contributed by atoms with Gasteiger partial charge in [0.1, 0.15) is 0 Å². The van der Waals surface area contributed by atoms with Crippen molar-refractivity contribution in [3.05, 3.63) is 60.5 Å². The number of aromatic nitrogens is 1. The highest BCUT2D eigenvalue weighted by Gasteiger charge is 2.14. The minimum absolute atomic E-state index is 0.243. The maximum atomic E-state index is 12.0. The van der Waals surface area contributed by atoms with E-state index in [1.54, 1.807) is 18.2 Å². The predicted molar refractivity (Wildman–Crippen MR) is 86.1 cm³/mol. The van der Waals surface area contributed by atoms with Crippen LogP contribution in [-0.2, 0) is 0 Å². The van der Waals surface area contributed by atoms with Crippen molar-refractivity contribution in [1.82, 2.24) is 10.5 Å². The summed E-state index contributed by atoms with van der Waals surface area (Å²) >= 11 is 0. The molecule has 0 aliphatic carbocycles. The first kappa shape index (κ1) is 14.9. The zero-order chi connectivity index (χ0) is 15.9. The second-order valence-corrected chi connectivity index (χ2v) is 4.96. The Morgan fingerprint density at radius 3 is 2.70 bits per heavy atom. The number of rotatable bonds is 7. The zero-order valence-electron chi connectivity index (χ0n) is 12.5. The van der Waals surface area contributed by atoms with Gasteiger partial charge in [0.05, 0.1) is 6.26 Å². The Morgan fingerprint density at radius 2 is 1.91 bits per heavy atom. The molecule has 0 aliphatic heterocycles.